The number of rotatable bonds is 0. The highest BCUT2D eigenvalue weighted by molar-refractivity contribution is 6.03. The molecule has 0 bridgehead atoms. The lowest BCUT2D eigenvalue weighted by Crippen LogP contribution is -2.08. The van der Waals surface area contributed by atoms with Gasteiger partial charge in [-0.25, -0.2) is 0 Å². The molecule has 3 nitrogen and oxygen atoms in total. The van der Waals surface area contributed by atoms with Crippen LogP contribution in [0.1, 0.15) is 18.4 Å². The second-order valence-electron chi connectivity index (χ2n) is 3.06. The molecule has 1 amide bonds. The van der Waals surface area contributed by atoms with Crippen LogP contribution in [0.3, 0.4) is 0 Å². The summed E-state index contributed by atoms with van der Waals surface area (Å²) < 4.78 is 0. The summed E-state index contributed by atoms with van der Waals surface area (Å²) in [5.74, 6) is 0.0104. The van der Waals surface area contributed by atoms with Crippen LogP contribution < -0.4 is 11.1 Å². The van der Waals surface area contributed by atoms with E-state index in [-0.39, 0.29) is 11.8 Å². The molecule has 1 atom stereocenters. The zero-order chi connectivity index (χ0) is 8.72. The molecule has 0 radical (unpaired) electrons. The Balaban J connectivity index is 2.54. The maximum absolute atomic E-state index is 11.2. The fourth-order valence-electron chi connectivity index (χ4n) is 1.44. The minimum atomic E-state index is -0.0411. The Labute approximate surface area is 70.6 Å². The van der Waals surface area contributed by atoms with E-state index in [2.05, 4.69) is 5.32 Å². The molecule has 1 unspecified atom stereocenters. The largest absolute Gasteiger partial charge is 0.399 e. The highest BCUT2D eigenvalue weighted by atomic mass is 16.2. The number of nitrogens with two attached hydrogens (primary N) is 1. The maximum atomic E-state index is 11.2. The van der Waals surface area contributed by atoms with Gasteiger partial charge in [-0.1, -0.05) is 6.07 Å². The molecule has 0 fully saturated rings. The molecule has 1 aliphatic heterocycles. The summed E-state index contributed by atoms with van der Waals surface area (Å²) in [6.45, 7) is 1.89. The molecular weight excluding hydrogens is 152 g/mol. The van der Waals surface area contributed by atoms with Crippen molar-refractivity contribution in [2.45, 2.75) is 12.8 Å². The van der Waals surface area contributed by atoms with Crippen molar-refractivity contribution in [3.8, 4) is 0 Å². The molecule has 3 N–H and O–H groups in total. The van der Waals surface area contributed by atoms with Crippen molar-refractivity contribution >= 4 is 17.3 Å². The lowest BCUT2D eigenvalue weighted by atomic mass is 10.0. The number of anilines is 2. The first-order chi connectivity index (χ1) is 5.68. The fourth-order valence-corrected chi connectivity index (χ4v) is 1.44. The first kappa shape index (κ1) is 7.16. The Bertz CT molecular complexity index is 346. The number of benzene rings is 1. The zero-order valence-electron chi connectivity index (χ0n) is 6.79. The highest BCUT2D eigenvalue weighted by Crippen LogP contribution is 2.32. The predicted octanol–water partition coefficient (Wildman–Crippen LogP) is 1.32. The van der Waals surface area contributed by atoms with E-state index in [1.807, 2.05) is 19.1 Å². The van der Waals surface area contributed by atoms with Crippen molar-refractivity contribution in [2.75, 3.05) is 11.1 Å². The molecule has 1 heterocycles. The lowest BCUT2D eigenvalue weighted by molar-refractivity contribution is -0.116. The Morgan fingerprint density at radius 1 is 1.50 bits per heavy atom. The fraction of sp³-hybridized carbons (Fsp3) is 0.222. The SMILES string of the molecule is CC1C(=O)Nc2cc(N)ccc21. The Hall–Kier alpha value is -1.51. The summed E-state index contributed by atoms with van der Waals surface area (Å²) in [6, 6.07) is 5.50. The number of hydrogen-bond donors (Lipinski definition) is 2. The number of amides is 1. The van der Waals surface area contributed by atoms with Gasteiger partial charge in [-0.2, -0.15) is 0 Å². The topological polar surface area (TPSA) is 55.1 Å². The molecule has 0 saturated heterocycles. The molecule has 1 aromatic carbocycles. The quantitative estimate of drug-likeness (QED) is 0.565. The highest BCUT2D eigenvalue weighted by Gasteiger charge is 2.25. The van der Waals surface area contributed by atoms with Crippen molar-refractivity contribution in [1.29, 1.82) is 0 Å². The van der Waals surface area contributed by atoms with E-state index in [0.717, 1.165) is 11.3 Å². The summed E-state index contributed by atoms with van der Waals surface area (Å²) in [5.41, 5.74) is 8.14. The first-order valence-corrected chi connectivity index (χ1v) is 3.89. The van der Waals surface area contributed by atoms with Crippen molar-refractivity contribution in [2.24, 2.45) is 0 Å². The second-order valence-corrected chi connectivity index (χ2v) is 3.06. The van der Waals surface area contributed by atoms with Gasteiger partial charge in [0.2, 0.25) is 5.91 Å². The summed E-state index contributed by atoms with van der Waals surface area (Å²) in [6.07, 6.45) is 0. The number of hydrogen-bond acceptors (Lipinski definition) is 2. The van der Waals surface area contributed by atoms with Crippen molar-refractivity contribution in [3.05, 3.63) is 23.8 Å². The van der Waals surface area contributed by atoms with Crippen molar-refractivity contribution in [3.63, 3.8) is 0 Å². The number of carbonyl (C=O) groups is 1. The lowest BCUT2D eigenvalue weighted by Gasteiger charge is -2.00. The third kappa shape index (κ3) is 0.863. The minimum absolute atomic E-state index is 0.0411. The number of carbonyl (C=O) groups excluding carboxylic acids is 1. The standard InChI is InChI=1S/C9H10N2O/c1-5-7-3-2-6(10)4-8(7)11-9(5)12/h2-5H,10H2,1H3,(H,11,12). The van der Waals surface area contributed by atoms with E-state index < -0.39 is 0 Å². The molecule has 2 rings (SSSR count). The van der Waals surface area contributed by atoms with Gasteiger partial charge >= 0.3 is 0 Å². The van der Waals surface area contributed by atoms with Gasteiger partial charge in [-0.15, -0.1) is 0 Å². The van der Waals surface area contributed by atoms with Gasteiger partial charge in [0.1, 0.15) is 0 Å². The van der Waals surface area contributed by atoms with Gasteiger partial charge in [0, 0.05) is 11.4 Å². The molecular formula is C9H10N2O. The zero-order valence-corrected chi connectivity index (χ0v) is 6.79. The van der Waals surface area contributed by atoms with Crippen molar-refractivity contribution in [1.82, 2.24) is 0 Å². The first-order valence-electron chi connectivity index (χ1n) is 3.89. The Morgan fingerprint density at radius 3 is 3.00 bits per heavy atom. The van der Waals surface area contributed by atoms with Gasteiger partial charge in [0.15, 0.2) is 0 Å². The normalized spacial score (nSPS) is 20.4. The molecule has 0 aromatic heterocycles. The molecule has 0 saturated carbocycles. The van der Waals surface area contributed by atoms with E-state index in [9.17, 15) is 4.79 Å². The molecule has 3 heteroatoms. The van der Waals surface area contributed by atoms with Crippen LogP contribution in [0.5, 0.6) is 0 Å². The Morgan fingerprint density at radius 2 is 2.25 bits per heavy atom. The number of nitrogen functional groups attached to an aromatic ring is 1. The van der Waals surface area contributed by atoms with E-state index in [0.29, 0.717) is 5.69 Å². The van der Waals surface area contributed by atoms with Gasteiger partial charge in [-0.05, 0) is 24.6 Å². The van der Waals surface area contributed by atoms with Crippen LogP contribution in [0, 0.1) is 0 Å². The van der Waals surface area contributed by atoms with Crippen LogP contribution >= 0.6 is 0 Å². The number of fused-ring (bicyclic) bond motifs is 1. The molecule has 62 valence electrons. The Kier molecular flexibility index (Phi) is 1.33. The monoisotopic (exact) mass is 162 g/mol. The van der Waals surface area contributed by atoms with Gasteiger partial charge in [0.05, 0.1) is 5.92 Å². The van der Waals surface area contributed by atoms with E-state index in [1.54, 1.807) is 6.07 Å². The molecule has 1 aliphatic rings. The van der Waals surface area contributed by atoms with Crippen molar-refractivity contribution < 1.29 is 4.79 Å². The molecule has 0 spiro atoms. The predicted molar refractivity (Wildman–Crippen MR) is 47.9 cm³/mol. The number of nitrogens with one attached hydrogen (secondary N) is 1. The van der Waals surface area contributed by atoms with Crippen LogP contribution in [-0.2, 0) is 4.79 Å². The molecule has 12 heavy (non-hydrogen) atoms. The average molecular weight is 162 g/mol. The van der Waals surface area contributed by atoms with Gasteiger partial charge in [0.25, 0.3) is 0 Å². The summed E-state index contributed by atoms with van der Waals surface area (Å²) in [5, 5.41) is 2.77. The van der Waals surface area contributed by atoms with E-state index >= 15 is 0 Å². The molecule has 1 aromatic rings. The smallest absolute Gasteiger partial charge is 0.231 e. The maximum Gasteiger partial charge on any atom is 0.231 e. The van der Waals surface area contributed by atoms with E-state index in [1.165, 1.54) is 0 Å². The van der Waals surface area contributed by atoms with Crippen LogP contribution in [0.4, 0.5) is 11.4 Å². The average Bonchev–Trinajstić information content (AvgIpc) is 2.28. The second kappa shape index (κ2) is 2.24. The minimum Gasteiger partial charge on any atom is -0.399 e. The third-order valence-electron chi connectivity index (χ3n) is 2.20. The third-order valence-corrected chi connectivity index (χ3v) is 2.20. The summed E-state index contributed by atoms with van der Waals surface area (Å²) >= 11 is 0. The van der Waals surface area contributed by atoms with Crippen LogP contribution in [-0.4, -0.2) is 5.91 Å². The van der Waals surface area contributed by atoms with E-state index in [4.69, 9.17) is 5.73 Å². The van der Waals surface area contributed by atoms with Crippen LogP contribution in [0.25, 0.3) is 0 Å². The molecule has 0 aliphatic carbocycles. The van der Waals surface area contributed by atoms with Gasteiger partial charge < -0.3 is 11.1 Å². The van der Waals surface area contributed by atoms with Gasteiger partial charge in [-0.3, -0.25) is 4.79 Å². The summed E-state index contributed by atoms with van der Waals surface area (Å²) in [7, 11) is 0. The summed E-state index contributed by atoms with van der Waals surface area (Å²) in [4.78, 5) is 11.2. The van der Waals surface area contributed by atoms with Crippen LogP contribution in [0.2, 0.25) is 0 Å². The van der Waals surface area contributed by atoms with Crippen LogP contribution in [0.15, 0.2) is 18.2 Å².